The molecule has 0 N–H and O–H groups in total. The number of ether oxygens (including phenoxy) is 1. The summed E-state index contributed by atoms with van der Waals surface area (Å²) in [5.74, 6) is 0.407. The van der Waals surface area contributed by atoms with E-state index in [2.05, 4.69) is 24.0 Å². The Morgan fingerprint density at radius 3 is 2.75 bits per heavy atom. The first kappa shape index (κ1) is 20.2. The van der Waals surface area contributed by atoms with Crippen molar-refractivity contribution in [3.63, 3.8) is 0 Å². The maximum absolute atomic E-state index is 12.9. The number of imidazole rings is 1. The van der Waals surface area contributed by atoms with Gasteiger partial charge < -0.3 is 9.64 Å². The van der Waals surface area contributed by atoms with Crippen LogP contribution in [0.3, 0.4) is 0 Å². The van der Waals surface area contributed by atoms with E-state index in [4.69, 9.17) is 4.74 Å². The second kappa shape index (κ2) is 10.1. The summed E-state index contributed by atoms with van der Waals surface area (Å²) in [6.07, 6.45) is 3.69. The van der Waals surface area contributed by atoms with Crippen LogP contribution >= 0.6 is 11.8 Å². The van der Waals surface area contributed by atoms with Gasteiger partial charge in [0.25, 0.3) is 0 Å². The molecule has 5 nitrogen and oxygen atoms in total. The van der Waals surface area contributed by atoms with Gasteiger partial charge in [0.1, 0.15) is 0 Å². The molecule has 0 aliphatic carbocycles. The first-order valence-corrected chi connectivity index (χ1v) is 10.2. The van der Waals surface area contributed by atoms with E-state index >= 15 is 0 Å². The van der Waals surface area contributed by atoms with Crippen molar-refractivity contribution in [2.75, 3.05) is 26.0 Å². The van der Waals surface area contributed by atoms with Gasteiger partial charge in [-0.3, -0.25) is 9.36 Å². The predicted molar refractivity (Wildman–Crippen MR) is 113 cm³/mol. The van der Waals surface area contributed by atoms with Crippen molar-refractivity contribution >= 4 is 17.7 Å². The van der Waals surface area contributed by atoms with Crippen molar-refractivity contribution in [3.8, 4) is 5.69 Å². The highest BCUT2D eigenvalue weighted by atomic mass is 32.2. The molecule has 146 valence electrons. The third kappa shape index (κ3) is 5.47. The van der Waals surface area contributed by atoms with Crippen molar-refractivity contribution < 1.29 is 9.53 Å². The molecule has 0 saturated heterocycles. The minimum Gasteiger partial charge on any atom is -0.383 e. The molecule has 0 bridgehead atoms. The number of hydrogen-bond donors (Lipinski definition) is 0. The molecule has 3 aromatic rings. The van der Waals surface area contributed by atoms with Crippen LogP contribution in [0.1, 0.15) is 11.1 Å². The third-order valence-electron chi connectivity index (χ3n) is 4.35. The molecule has 0 radical (unpaired) electrons. The molecule has 0 aliphatic heterocycles. The van der Waals surface area contributed by atoms with Gasteiger partial charge in [-0.2, -0.15) is 0 Å². The average molecular weight is 396 g/mol. The highest BCUT2D eigenvalue weighted by Crippen LogP contribution is 2.21. The molecule has 1 amide bonds. The Labute approximate surface area is 170 Å². The lowest BCUT2D eigenvalue weighted by molar-refractivity contribution is -0.129. The average Bonchev–Trinajstić information content (AvgIpc) is 3.19. The number of amides is 1. The molecule has 0 saturated carbocycles. The fourth-order valence-electron chi connectivity index (χ4n) is 2.89. The summed E-state index contributed by atoms with van der Waals surface area (Å²) < 4.78 is 7.20. The van der Waals surface area contributed by atoms with E-state index in [1.807, 2.05) is 58.1 Å². The van der Waals surface area contributed by atoms with E-state index in [1.54, 1.807) is 13.3 Å². The summed E-state index contributed by atoms with van der Waals surface area (Å²) in [7, 11) is 1.65. The maximum atomic E-state index is 12.9. The number of methoxy groups -OCH3 is 1. The first-order valence-electron chi connectivity index (χ1n) is 9.21. The van der Waals surface area contributed by atoms with Gasteiger partial charge in [-0.1, -0.05) is 54.2 Å². The molecular weight excluding hydrogens is 370 g/mol. The Bertz CT molecular complexity index is 896. The SMILES string of the molecule is COCCN(Cc1ccccc1)C(=O)CSc1nccn1-c1cccc(C)c1. The molecule has 0 spiro atoms. The molecule has 28 heavy (non-hydrogen) atoms. The molecular formula is C22H25N3O2S. The molecule has 0 fully saturated rings. The first-order chi connectivity index (χ1) is 13.7. The van der Waals surface area contributed by atoms with Crippen molar-refractivity contribution in [2.24, 2.45) is 0 Å². The number of thioether (sulfide) groups is 1. The van der Waals surface area contributed by atoms with Gasteiger partial charge in [-0.25, -0.2) is 4.98 Å². The van der Waals surface area contributed by atoms with Crippen molar-refractivity contribution in [2.45, 2.75) is 18.6 Å². The van der Waals surface area contributed by atoms with E-state index < -0.39 is 0 Å². The summed E-state index contributed by atoms with van der Waals surface area (Å²) in [6, 6.07) is 18.3. The van der Waals surface area contributed by atoms with Crippen LogP contribution in [0.25, 0.3) is 5.69 Å². The van der Waals surface area contributed by atoms with E-state index in [0.29, 0.717) is 25.4 Å². The molecule has 1 heterocycles. The zero-order chi connectivity index (χ0) is 19.8. The quantitative estimate of drug-likeness (QED) is 0.515. The van der Waals surface area contributed by atoms with Crippen LogP contribution in [-0.4, -0.2) is 46.4 Å². The maximum Gasteiger partial charge on any atom is 0.233 e. The monoisotopic (exact) mass is 395 g/mol. The molecule has 1 aromatic heterocycles. The van der Waals surface area contributed by atoms with Gasteiger partial charge in [0.05, 0.1) is 12.4 Å². The third-order valence-corrected chi connectivity index (χ3v) is 5.30. The topological polar surface area (TPSA) is 47.4 Å². The van der Waals surface area contributed by atoms with E-state index in [1.165, 1.54) is 17.3 Å². The van der Waals surface area contributed by atoms with Crippen LogP contribution in [0, 0.1) is 6.92 Å². The number of benzene rings is 2. The van der Waals surface area contributed by atoms with Gasteiger partial charge in [0.2, 0.25) is 5.91 Å². The number of aromatic nitrogens is 2. The van der Waals surface area contributed by atoms with Crippen LogP contribution in [-0.2, 0) is 16.1 Å². The summed E-state index contributed by atoms with van der Waals surface area (Å²) >= 11 is 1.45. The lowest BCUT2D eigenvalue weighted by Gasteiger charge is -2.22. The number of carbonyl (C=O) groups is 1. The van der Waals surface area contributed by atoms with Gasteiger partial charge in [0.15, 0.2) is 5.16 Å². The second-order valence-corrected chi connectivity index (χ2v) is 7.44. The zero-order valence-electron chi connectivity index (χ0n) is 16.2. The number of rotatable bonds is 9. The number of carbonyl (C=O) groups excluding carboxylic acids is 1. The second-order valence-electron chi connectivity index (χ2n) is 6.50. The van der Waals surface area contributed by atoms with E-state index in [-0.39, 0.29) is 5.91 Å². The number of aryl methyl sites for hydroxylation is 1. The van der Waals surface area contributed by atoms with Crippen LogP contribution < -0.4 is 0 Å². The molecule has 0 unspecified atom stereocenters. The van der Waals surface area contributed by atoms with Gasteiger partial charge in [-0.15, -0.1) is 0 Å². The Kier molecular flexibility index (Phi) is 7.28. The van der Waals surface area contributed by atoms with Crippen LogP contribution in [0.2, 0.25) is 0 Å². The normalized spacial score (nSPS) is 10.8. The standard InChI is InChI=1S/C22H25N3O2S/c1-18-7-6-10-20(15-18)25-12-11-23-22(25)28-17-21(26)24(13-14-27-2)16-19-8-4-3-5-9-19/h3-12,15H,13-14,16-17H2,1-2H3. The number of nitrogens with zero attached hydrogens (tertiary/aromatic N) is 3. The van der Waals surface area contributed by atoms with Crippen molar-refractivity contribution in [3.05, 3.63) is 78.1 Å². The van der Waals surface area contributed by atoms with Crippen LogP contribution in [0.15, 0.2) is 72.1 Å². The molecule has 2 aromatic carbocycles. The minimum absolute atomic E-state index is 0.0738. The van der Waals surface area contributed by atoms with Crippen LogP contribution in [0.4, 0.5) is 0 Å². The predicted octanol–water partition coefficient (Wildman–Crippen LogP) is 3.95. The van der Waals surface area contributed by atoms with Gasteiger partial charge in [0, 0.05) is 38.3 Å². The lowest BCUT2D eigenvalue weighted by atomic mass is 10.2. The highest BCUT2D eigenvalue weighted by Gasteiger charge is 2.16. The van der Waals surface area contributed by atoms with E-state index in [0.717, 1.165) is 16.4 Å². The zero-order valence-corrected chi connectivity index (χ0v) is 17.1. The Morgan fingerprint density at radius 1 is 1.18 bits per heavy atom. The summed E-state index contributed by atoms with van der Waals surface area (Å²) in [5.41, 5.74) is 3.35. The molecule has 6 heteroatoms. The Hall–Kier alpha value is -2.57. The molecule has 0 aliphatic rings. The van der Waals surface area contributed by atoms with Crippen molar-refractivity contribution in [1.29, 1.82) is 0 Å². The smallest absolute Gasteiger partial charge is 0.233 e. The minimum atomic E-state index is 0.0738. The lowest BCUT2D eigenvalue weighted by Crippen LogP contribution is -2.34. The molecule has 3 rings (SSSR count). The fraction of sp³-hybridized carbons (Fsp3) is 0.273. The largest absolute Gasteiger partial charge is 0.383 e. The van der Waals surface area contributed by atoms with E-state index in [9.17, 15) is 4.79 Å². The number of hydrogen-bond acceptors (Lipinski definition) is 4. The molecule has 0 atom stereocenters. The fourth-order valence-corrected chi connectivity index (χ4v) is 3.76. The Morgan fingerprint density at radius 2 is 2.00 bits per heavy atom. The summed E-state index contributed by atoms with van der Waals surface area (Å²) in [5, 5.41) is 0.811. The van der Waals surface area contributed by atoms with Crippen molar-refractivity contribution in [1.82, 2.24) is 14.5 Å². The summed E-state index contributed by atoms with van der Waals surface area (Å²) in [4.78, 5) is 19.1. The summed E-state index contributed by atoms with van der Waals surface area (Å²) in [6.45, 7) is 3.72. The van der Waals surface area contributed by atoms with Gasteiger partial charge in [-0.05, 0) is 30.2 Å². The van der Waals surface area contributed by atoms with Crippen LogP contribution in [0.5, 0.6) is 0 Å². The van der Waals surface area contributed by atoms with Gasteiger partial charge >= 0.3 is 0 Å². The highest BCUT2D eigenvalue weighted by molar-refractivity contribution is 7.99. The Balaban J connectivity index is 1.67.